The fraction of sp³-hybridized carbons (Fsp3) is 0.500. The summed E-state index contributed by atoms with van der Waals surface area (Å²) in [6.07, 6.45) is 3.99. The predicted octanol–water partition coefficient (Wildman–Crippen LogP) is 1.37. The first-order valence-corrected chi connectivity index (χ1v) is 5.20. The van der Waals surface area contributed by atoms with Gasteiger partial charge >= 0.3 is 0 Å². The van der Waals surface area contributed by atoms with Crippen LogP contribution in [0.1, 0.15) is 24.9 Å². The number of hydrogen-bond acceptors (Lipinski definition) is 2. The molecule has 0 aromatic carbocycles. The van der Waals surface area contributed by atoms with E-state index in [1.54, 1.807) is 12.4 Å². The van der Waals surface area contributed by atoms with Crippen molar-refractivity contribution < 1.29 is 4.79 Å². The molecule has 0 aliphatic heterocycles. The van der Waals surface area contributed by atoms with Gasteiger partial charge in [0.1, 0.15) is 0 Å². The fourth-order valence-corrected chi connectivity index (χ4v) is 1.34. The quantitative estimate of drug-likeness (QED) is 0.788. The van der Waals surface area contributed by atoms with Gasteiger partial charge in [-0.25, -0.2) is 0 Å². The molecule has 72 valence electrons. The summed E-state index contributed by atoms with van der Waals surface area (Å²) in [6.45, 7) is 1.93. The Morgan fingerprint density at radius 3 is 3.15 bits per heavy atom. The molecule has 0 radical (unpaired) electrons. The maximum atomic E-state index is 11.2. The zero-order chi connectivity index (χ0) is 9.68. The van der Waals surface area contributed by atoms with Crippen LogP contribution in [0.2, 0.25) is 0 Å². The standard InChI is InChI=1S/C8H12BrN3O/c1-6(7-4-10-11-5-7)12-8(13)2-3-9/h4-6H,2-3H2,1H3,(H,10,11)(H,12,13). The van der Waals surface area contributed by atoms with E-state index in [4.69, 9.17) is 0 Å². The van der Waals surface area contributed by atoms with Gasteiger partial charge in [-0.1, -0.05) is 15.9 Å². The van der Waals surface area contributed by atoms with Gasteiger partial charge in [0, 0.05) is 23.5 Å². The highest BCUT2D eigenvalue weighted by atomic mass is 79.9. The molecule has 1 heterocycles. The smallest absolute Gasteiger partial charge is 0.221 e. The monoisotopic (exact) mass is 245 g/mol. The van der Waals surface area contributed by atoms with Gasteiger partial charge in [0.05, 0.1) is 12.2 Å². The number of carbonyl (C=O) groups excluding carboxylic acids is 1. The average molecular weight is 246 g/mol. The number of hydrogen-bond donors (Lipinski definition) is 2. The van der Waals surface area contributed by atoms with Crippen molar-refractivity contribution in [2.24, 2.45) is 0 Å². The summed E-state index contributed by atoms with van der Waals surface area (Å²) in [5, 5.41) is 10.1. The number of amides is 1. The number of carbonyl (C=O) groups is 1. The number of nitrogens with zero attached hydrogens (tertiary/aromatic N) is 1. The van der Waals surface area contributed by atoms with Crippen molar-refractivity contribution >= 4 is 21.8 Å². The molecule has 0 aliphatic carbocycles. The van der Waals surface area contributed by atoms with Crippen LogP contribution in [-0.2, 0) is 4.79 Å². The van der Waals surface area contributed by atoms with Crippen LogP contribution in [-0.4, -0.2) is 21.4 Å². The molecular formula is C8H12BrN3O. The van der Waals surface area contributed by atoms with Crippen LogP contribution in [0.4, 0.5) is 0 Å². The number of H-pyrrole nitrogens is 1. The van der Waals surface area contributed by atoms with Gasteiger partial charge in [0.15, 0.2) is 0 Å². The predicted molar refractivity (Wildman–Crippen MR) is 53.6 cm³/mol. The van der Waals surface area contributed by atoms with Gasteiger partial charge in [0.25, 0.3) is 0 Å². The van der Waals surface area contributed by atoms with E-state index in [1.807, 2.05) is 6.92 Å². The minimum Gasteiger partial charge on any atom is -0.349 e. The van der Waals surface area contributed by atoms with E-state index < -0.39 is 0 Å². The van der Waals surface area contributed by atoms with Crippen LogP contribution >= 0.6 is 15.9 Å². The van der Waals surface area contributed by atoms with Crippen LogP contribution in [0.3, 0.4) is 0 Å². The van der Waals surface area contributed by atoms with Crippen molar-refractivity contribution in [3.8, 4) is 0 Å². The summed E-state index contributed by atoms with van der Waals surface area (Å²) in [4.78, 5) is 11.2. The van der Waals surface area contributed by atoms with Crippen LogP contribution in [0.5, 0.6) is 0 Å². The molecule has 1 aromatic rings. The van der Waals surface area contributed by atoms with Crippen molar-refractivity contribution in [2.75, 3.05) is 5.33 Å². The lowest BCUT2D eigenvalue weighted by molar-refractivity contribution is -0.121. The van der Waals surface area contributed by atoms with E-state index in [1.165, 1.54) is 0 Å². The van der Waals surface area contributed by atoms with Crippen molar-refractivity contribution in [3.05, 3.63) is 18.0 Å². The third-order valence-electron chi connectivity index (χ3n) is 1.72. The highest BCUT2D eigenvalue weighted by molar-refractivity contribution is 9.09. The van der Waals surface area contributed by atoms with Crippen LogP contribution in [0.25, 0.3) is 0 Å². The van der Waals surface area contributed by atoms with Gasteiger partial charge in [-0.3, -0.25) is 9.89 Å². The Labute approximate surface area is 85.2 Å². The Hall–Kier alpha value is -0.840. The van der Waals surface area contributed by atoms with E-state index >= 15 is 0 Å². The van der Waals surface area contributed by atoms with Crippen LogP contribution in [0.15, 0.2) is 12.4 Å². The Morgan fingerprint density at radius 1 is 1.85 bits per heavy atom. The third-order valence-corrected chi connectivity index (χ3v) is 2.11. The maximum Gasteiger partial charge on any atom is 0.221 e. The molecule has 5 heteroatoms. The van der Waals surface area contributed by atoms with Crippen LogP contribution < -0.4 is 5.32 Å². The van der Waals surface area contributed by atoms with Gasteiger partial charge in [-0.15, -0.1) is 0 Å². The Balaban J connectivity index is 2.42. The van der Waals surface area contributed by atoms with Gasteiger partial charge in [-0.2, -0.15) is 5.10 Å². The van der Waals surface area contributed by atoms with E-state index in [2.05, 4.69) is 31.4 Å². The normalized spacial score (nSPS) is 12.5. The summed E-state index contributed by atoms with van der Waals surface area (Å²) >= 11 is 3.21. The average Bonchev–Trinajstić information content (AvgIpc) is 2.55. The molecule has 2 N–H and O–H groups in total. The molecule has 0 saturated carbocycles. The third kappa shape index (κ3) is 3.18. The molecule has 1 rings (SSSR count). The van der Waals surface area contributed by atoms with Crippen molar-refractivity contribution in [1.82, 2.24) is 15.5 Å². The molecule has 0 aliphatic rings. The number of rotatable bonds is 4. The van der Waals surface area contributed by atoms with E-state index in [0.29, 0.717) is 11.8 Å². The summed E-state index contributed by atoms with van der Waals surface area (Å²) in [5.74, 6) is 0.0468. The second kappa shape index (κ2) is 5.01. The lowest BCUT2D eigenvalue weighted by Gasteiger charge is -2.10. The second-order valence-electron chi connectivity index (χ2n) is 2.76. The van der Waals surface area contributed by atoms with Gasteiger partial charge in [0.2, 0.25) is 5.91 Å². The number of aromatic nitrogens is 2. The molecule has 0 bridgehead atoms. The largest absolute Gasteiger partial charge is 0.349 e. The molecule has 4 nitrogen and oxygen atoms in total. The SMILES string of the molecule is CC(NC(=O)CCBr)c1cn[nH]c1. The summed E-state index contributed by atoms with van der Waals surface area (Å²) in [6, 6.07) is 0.0188. The highest BCUT2D eigenvalue weighted by Gasteiger charge is 2.08. The zero-order valence-corrected chi connectivity index (χ0v) is 8.97. The Morgan fingerprint density at radius 2 is 2.62 bits per heavy atom. The topological polar surface area (TPSA) is 57.8 Å². The van der Waals surface area contributed by atoms with Gasteiger partial charge in [-0.05, 0) is 6.92 Å². The van der Waals surface area contributed by atoms with Crippen molar-refractivity contribution in [2.45, 2.75) is 19.4 Å². The first-order valence-electron chi connectivity index (χ1n) is 4.08. The molecule has 1 amide bonds. The molecule has 0 saturated heterocycles. The first-order chi connectivity index (χ1) is 6.24. The molecule has 1 atom stereocenters. The van der Waals surface area contributed by atoms with E-state index in [0.717, 1.165) is 5.56 Å². The Kier molecular flexibility index (Phi) is 3.95. The maximum absolute atomic E-state index is 11.2. The molecule has 1 aromatic heterocycles. The lowest BCUT2D eigenvalue weighted by atomic mass is 10.2. The number of aromatic amines is 1. The van der Waals surface area contributed by atoms with Crippen LogP contribution in [0, 0.1) is 0 Å². The van der Waals surface area contributed by atoms with Crippen molar-refractivity contribution in [1.29, 1.82) is 0 Å². The Bertz CT molecular complexity index is 260. The summed E-state index contributed by atoms with van der Waals surface area (Å²) < 4.78 is 0. The molecule has 0 fully saturated rings. The zero-order valence-electron chi connectivity index (χ0n) is 7.38. The molecule has 0 spiro atoms. The van der Waals surface area contributed by atoms with Crippen molar-refractivity contribution in [3.63, 3.8) is 0 Å². The minimum atomic E-state index is 0.0188. The number of halogens is 1. The van der Waals surface area contributed by atoms with E-state index in [-0.39, 0.29) is 11.9 Å². The number of alkyl halides is 1. The highest BCUT2D eigenvalue weighted by Crippen LogP contribution is 2.08. The fourth-order valence-electron chi connectivity index (χ4n) is 0.980. The second-order valence-corrected chi connectivity index (χ2v) is 3.55. The molecular weight excluding hydrogens is 234 g/mol. The molecule has 1 unspecified atom stereocenters. The summed E-state index contributed by atoms with van der Waals surface area (Å²) in [5.41, 5.74) is 0.989. The van der Waals surface area contributed by atoms with E-state index in [9.17, 15) is 4.79 Å². The summed E-state index contributed by atoms with van der Waals surface area (Å²) in [7, 11) is 0. The number of nitrogens with one attached hydrogen (secondary N) is 2. The van der Waals surface area contributed by atoms with Gasteiger partial charge < -0.3 is 5.32 Å². The molecule has 13 heavy (non-hydrogen) atoms. The first kappa shape index (κ1) is 10.2. The minimum absolute atomic E-state index is 0.0188. The lowest BCUT2D eigenvalue weighted by Crippen LogP contribution is -2.26.